The molecule has 0 amide bonds. The first-order valence-corrected chi connectivity index (χ1v) is 12.9. The van der Waals surface area contributed by atoms with Crippen molar-refractivity contribution in [2.75, 3.05) is 13.7 Å². The normalized spacial score (nSPS) is 11.5. The summed E-state index contributed by atoms with van der Waals surface area (Å²) in [4.78, 5) is 0.213. The zero-order valence-electron chi connectivity index (χ0n) is 20.1. The molecular weight excluding hydrogens is 462 g/mol. The van der Waals surface area contributed by atoms with Crippen LogP contribution in [0.5, 0.6) is 17.4 Å². The van der Waals surface area contributed by atoms with E-state index in [0.717, 1.165) is 5.69 Å². The van der Waals surface area contributed by atoms with Gasteiger partial charge >= 0.3 is 0 Å². The minimum Gasteiger partial charge on any atom is -0.497 e. The summed E-state index contributed by atoms with van der Waals surface area (Å²) < 4.78 is 41.9. The van der Waals surface area contributed by atoms with Crippen LogP contribution >= 0.6 is 0 Å². The smallest absolute Gasteiger partial charge is 0.243 e. The second kappa shape index (κ2) is 10.8. The highest BCUT2D eigenvalue weighted by Gasteiger charge is 2.28. The van der Waals surface area contributed by atoms with Crippen molar-refractivity contribution in [1.82, 2.24) is 14.1 Å². The van der Waals surface area contributed by atoms with E-state index in [4.69, 9.17) is 14.6 Å². The van der Waals surface area contributed by atoms with E-state index in [9.17, 15) is 8.42 Å². The number of rotatable bonds is 10. The fourth-order valence-corrected chi connectivity index (χ4v) is 5.28. The molecule has 7 nitrogen and oxygen atoms in total. The standard InChI is InChI=1S/C27H29N3O4S/c1-4-19-29(35(31,32)25-17-15-23(33-3)16-18-25)20-26-21(2)28-30(22-11-7-5-8-12-22)27(26)34-24-13-9-6-10-14-24/h5-18H,4,19-20H2,1-3H3. The Kier molecular flexibility index (Phi) is 7.53. The van der Waals surface area contributed by atoms with Crippen molar-refractivity contribution in [2.24, 2.45) is 0 Å². The van der Waals surface area contributed by atoms with Crippen LogP contribution in [0.4, 0.5) is 0 Å². The molecule has 0 aliphatic heterocycles. The molecule has 0 bridgehead atoms. The highest BCUT2D eigenvalue weighted by Crippen LogP contribution is 2.33. The predicted octanol–water partition coefficient (Wildman–Crippen LogP) is 5.58. The lowest BCUT2D eigenvalue weighted by Crippen LogP contribution is -2.31. The molecule has 0 saturated heterocycles. The molecule has 35 heavy (non-hydrogen) atoms. The van der Waals surface area contributed by atoms with Crippen LogP contribution < -0.4 is 9.47 Å². The number of para-hydroxylation sites is 2. The Morgan fingerprint density at radius 1 is 0.886 bits per heavy atom. The molecule has 0 N–H and O–H groups in total. The summed E-state index contributed by atoms with van der Waals surface area (Å²) in [5.74, 6) is 1.74. The van der Waals surface area contributed by atoms with Gasteiger partial charge in [0.2, 0.25) is 15.9 Å². The summed E-state index contributed by atoms with van der Waals surface area (Å²) in [5, 5.41) is 4.72. The van der Waals surface area contributed by atoms with Gasteiger partial charge in [0.15, 0.2) is 0 Å². The van der Waals surface area contributed by atoms with E-state index in [0.29, 0.717) is 41.6 Å². The van der Waals surface area contributed by atoms with Gasteiger partial charge in [-0.3, -0.25) is 0 Å². The van der Waals surface area contributed by atoms with E-state index in [1.54, 1.807) is 36.1 Å². The van der Waals surface area contributed by atoms with Crippen LogP contribution in [-0.4, -0.2) is 36.2 Å². The first-order valence-electron chi connectivity index (χ1n) is 11.4. The van der Waals surface area contributed by atoms with Gasteiger partial charge in [0, 0.05) is 13.1 Å². The molecule has 0 spiro atoms. The highest BCUT2D eigenvalue weighted by molar-refractivity contribution is 7.89. The number of hydrogen-bond donors (Lipinski definition) is 0. The number of aryl methyl sites for hydroxylation is 1. The first-order chi connectivity index (χ1) is 16.9. The Balaban J connectivity index is 1.77. The lowest BCUT2D eigenvalue weighted by atomic mass is 10.2. The molecule has 3 aromatic carbocycles. The molecule has 0 unspecified atom stereocenters. The van der Waals surface area contributed by atoms with E-state index in [-0.39, 0.29) is 11.4 Å². The molecule has 4 rings (SSSR count). The topological polar surface area (TPSA) is 73.7 Å². The van der Waals surface area contributed by atoms with Crippen molar-refractivity contribution in [1.29, 1.82) is 0 Å². The maximum absolute atomic E-state index is 13.6. The molecule has 0 aliphatic rings. The lowest BCUT2D eigenvalue weighted by Gasteiger charge is -2.22. The quantitative estimate of drug-likeness (QED) is 0.289. The van der Waals surface area contributed by atoms with Crippen LogP contribution in [0.2, 0.25) is 0 Å². The molecule has 182 valence electrons. The average molecular weight is 492 g/mol. The average Bonchev–Trinajstić information content (AvgIpc) is 3.19. The van der Waals surface area contributed by atoms with Gasteiger partial charge in [0.1, 0.15) is 11.5 Å². The summed E-state index contributed by atoms with van der Waals surface area (Å²) >= 11 is 0. The van der Waals surface area contributed by atoms with Gasteiger partial charge in [0.25, 0.3) is 0 Å². The van der Waals surface area contributed by atoms with Gasteiger partial charge in [-0.2, -0.15) is 9.40 Å². The van der Waals surface area contributed by atoms with Gasteiger partial charge in [-0.15, -0.1) is 0 Å². The fourth-order valence-electron chi connectivity index (χ4n) is 3.78. The Bertz CT molecular complexity index is 1350. The Morgan fingerprint density at radius 3 is 2.11 bits per heavy atom. The fraction of sp³-hybridized carbons (Fsp3) is 0.222. The number of hydrogen-bond acceptors (Lipinski definition) is 5. The number of methoxy groups -OCH3 is 1. The molecule has 0 aliphatic carbocycles. The van der Waals surface area contributed by atoms with Crippen molar-refractivity contribution in [2.45, 2.75) is 31.7 Å². The maximum atomic E-state index is 13.6. The van der Waals surface area contributed by atoms with Gasteiger partial charge in [0.05, 0.1) is 29.0 Å². The van der Waals surface area contributed by atoms with Crippen LogP contribution in [0, 0.1) is 6.92 Å². The largest absolute Gasteiger partial charge is 0.497 e. The summed E-state index contributed by atoms with van der Waals surface area (Å²) in [6.07, 6.45) is 0.663. The second-order valence-electron chi connectivity index (χ2n) is 8.05. The van der Waals surface area contributed by atoms with Gasteiger partial charge in [-0.05, 0) is 61.9 Å². The minimum absolute atomic E-state index is 0.128. The van der Waals surface area contributed by atoms with Gasteiger partial charge in [-0.1, -0.05) is 43.3 Å². The van der Waals surface area contributed by atoms with Crippen molar-refractivity contribution in [3.8, 4) is 23.1 Å². The number of ether oxygens (including phenoxy) is 2. The zero-order chi connectivity index (χ0) is 24.8. The Labute approximate surface area is 206 Å². The molecule has 1 heterocycles. The number of sulfonamides is 1. The summed E-state index contributed by atoms with van der Waals surface area (Å²) in [7, 11) is -2.21. The van der Waals surface area contributed by atoms with Crippen molar-refractivity contribution < 1.29 is 17.9 Å². The van der Waals surface area contributed by atoms with E-state index in [1.807, 2.05) is 74.5 Å². The third kappa shape index (κ3) is 5.39. The molecule has 8 heteroatoms. The van der Waals surface area contributed by atoms with Crippen LogP contribution in [0.3, 0.4) is 0 Å². The van der Waals surface area contributed by atoms with Crippen LogP contribution in [-0.2, 0) is 16.6 Å². The number of nitrogens with zero attached hydrogens (tertiary/aromatic N) is 3. The van der Waals surface area contributed by atoms with E-state index in [1.165, 1.54) is 4.31 Å². The van der Waals surface area contributed by atoms with Crippen LogP contribution in [0.15, 0.2) is 89.8 Å². The molecule has 0 atom stereocenters. The Hall–Kier alpha value is -3.62. The third-order valence-corrected chi connectivity index (χ3v) is 7.46. The molecular formula is C27H29N3O4S. The summed E-state index contributed by atoms with van der Waals surface area (Å²) in [6, 6.07) is 25.5. The third-order valence-electron chi connectivity index (χ3n) is 5.60. The van der Waals surface area contributed by atoms with Gasteiger partial charge in [-0.25, -0.2) is 13.1 Å². The molecule has 0 saturated carbocycles. The molecule has 0 fully saturated rings. The highest BCUT2D eigenvalue weighted by atomic mass is 32.2. The first kappa shape index (κ1) is 24.5. The van der Waals surface area contributed by atoms with Gasteiger partial charge < -0.3 is 9.47 Å². The van der Waals surface area contributed by atoms with Crippen molar-refractivity contribution >= 4 is 10.0 Å². The van der Waals surface area contributed by atoms with E-state index in [2.05, 4.69) is 0 Å². The summed E-state index contributed by atoms with van der Waals surface area (Å²) in [6.45, 7) is 4.31. The van der Waals surface area contributed by atoms with Crippen LogP contribution in [0.1, 0.15) is 24.6 Å². The van der Waals surface area contributed by atoms with Crippen molar-refractivity contribution in [3.05, 3.63) is 96.2 Å². The predicted molar refractivity (Wildman–Crippen MR) is 136 cm³/mol. The van der Waals surface area contributed by atoms with E-state index < -0.39 is 10.0 Å². The minimum atomic E-state index is -3.76. The number of aromatic nitrogens is 2. The molecule has 0 radical (unpaired) electrons. The summed E-state index contributed by atoms with van der Waals surface area (Å²) in [5.41, 5.74) is 2.24. The van der Waals surface area contributed by atoms with Crippen LogP contribution in [0.25, 0.3) is 5.69 Å². The zero-order valence-corrected chi connectivity index (χ0v) is 20.9. The monoisotopic (exact) mass is 491 g/mol. The lowest BCUT2D eigenvalue weighted by molar-refractivity contribution is 0.389. The van der Waals surface area contributed by atoms with E-state index >= 15 is 0 Å². The Morgan fingerprint density at radius 2 is 1.51 bits per heavy atom. The van der Waals surface area contributed by atoms with Crippen molar-refractivity contribution in [3.63, 3.8) is 0 Å². The molecule has 4 aromatic rings. The number of benzene rings is 3. The SMILES string of the molecule is CCCN(Cc1c(C)nn(-c2ccccc2)c1Oc1ccccc1)S(=O)(=O)c1ccc(OC)cc1. The molecule has 1 aromatic heterocycles. The second-order valence-corrected chi connectivity index (χ2v) is 9.98. The maximum Gasteiger partial charge on any atom is 0.243 e.